The minimum Gasteiger partial charge on any atom is -0.374 e. The van der Waals surface area contributed by atoms with Crippen molar-refractivity contribution in [3.63, 3.8) is 0 Å². The van der Waals surface area contributed by atoms with Crippen LogP contribution in [0.2, 0.25) is 0 Å². The Labute approximate surface area is 135 Å². The normalized spacial score (nSPS) is 16.8. The van der Waals surface area contributed by atoms with Gasteiger partial charge in [-0.05, 0) is 60.7 Å². The van der Waals surface area contributed by atoms with Gasteiger partial charge in [0.2, 0.25) is 0 Å². The number of benzene rings is 2. The van der Waals surface area contributed by atoms with Gasteiger partial charge in [0.25, 0.3) is 5.91 Å². The molecule has 1 unspecified atom stereocenters. The summed E-state index contributed by atoms with van der Waals surface area (Å²) in [4.78, 5) is 11.6. The lowest BCUT2D eigenvalue weighted by molar-refractivity contribution is -0.115. The van der Waals surface area contributed by atoms with Gasteiger partial charge in [0.05, 0.1) is 0 Å². The van der Waals surface area contributed by atoms with Gasteiger partial charge in [0.1, 0.15) is 11.5 Å². The highest BCUT2D eigenvalue weighted by atomic mass is 19.1. The number of carbonyl (C=O) groups excluding carboxylic acids is 1. The van der Waals surface area contributed by atoms with E-state index in [-0.39, 0.29) is 11.9 Å². The van der Waals surface area contributed by atoms with Gasteiger partial charge in [-0.15, -0.1) is 0 Å². The molecule has 3 nitrogen and oxygen atoms in total. The summed E-state index contributed by atoms with van der Waals surface area (Å²) >= 11 is 0. The number of nitrogens with one attached hydrogen (secondary N) is 1. The average Bonchev–Trinajstić information content (AvgIpc) is 2.50. The second-order valence-electron chi connectivity index (χ2n) is 6.01. The summed E-state index contributed by atoms with van der Waals surface area (Å²) in [5, 5.41) is 3.15. The number of nitrogens with two attached hydrogens (primary N) is 1. The van der Waals surface area contributed by atoms with Crippen LogP contribution >= 0.6 is 0 Å². The maximum atomic E-state index is 14.2. The van der Waals surface area contributed by atoms with Crippen molar-refractivity contribution in [2.24, 2.45) is 5.73 Å². The molecular formula is C19H19FN2O. The van der Waals surface area contributed by atoms with Crippen LogP contribution in [0, 0.1) is 12.7 Å². The molecule has 118 valence electrons. The highest BCUT2D eigenvalue weighted by molar-refractivity contribution is 6.01. The minimum absolute atomic E-state index is 0.131. The first-order valence-corrected chi connectivity index (χ1v) is 7.56. The first kappa shape index (κ1) is 15.3. The van der Waals surface area contributed by atoms with Crippen molar-refractivity contribution in [1.29, 1.82) is 0 Å². The van der Waals surface area contributed by atoms with Gasteiger partial charge in [-0.3, -0.25) is 4.79 Å². The molecule has 0 aromatic heterocycles. The Morgan fingerprint density at radius 1 is 1.13 bits per heavy atom. The predicted octanol–water partition coefficient (Wildman–Crippen LogP) is 3.68. The molecule has 0 spiro atoms. The quantitative estimate of drug-likeness (QED) is 0.889. The molecule has 0 saturated heterocycles. The molecule has 0 aliphatic carbocycles. The van der Waals surface area contributed by atoms with Crippen molar-refractivity contribution < 1.29 is 9.18 Å². The van der Waals surface area contributed by atoms with Crippen molar-refractivity contribution in [3.05, 3.63) is 64.6 Å². The van der Waals surface area contributed by atoms with E-state index in [1.165, 1.54) is 6.07 Å². The zero-order valence-electron chi connectivity index (χ0n) is 13.4. The molecule has 0 saturated carbocycles. The molecular weight excluding hydrogens is 291 g/mol. The lowest BCUT2D eigenvalue weighted by Crippen LogP contribution is -2.33. The number of fused-ring (bicyclic) bond motifs is 1. The molecule has 1 aliphatic heterocycles. The van der Waals surface area contributed by atoms with E-state index >= 15 is 0 Å². The Morgan fingerprint density at radius 2 is 1.74 bits per heavy atom. The number of aryl methyl sites for hydroxylation is 1. The van der Waals surface area contributed by atoms with E-state index in [9.17, 15) is 9.18 Å². The van der Waals surface area contributed by atoms with Crippen molar-refractivity contribution in [3.8, 4) is 11.1 Å². The third kappa shape index (κ3) is 2.61. The topological polar surface area (TPSA) is 55.1 Å². The summed E-state index contributed by atoms with van der Waals surface area (Å²) in [6.07, 6.45) is 0. The third-order valence-electron chi connectivity index (χ3n) is 4.33. The van der Waals surface area contributed by atoms with Gasteiger partial charge in [0, 0.05) is 6.04 Å². The molecule has 1 aliphatic rings. The minimum atomic E-state index is -0.527. The van der Waals surface area contributed by atoms with Crippen molar-refractivity contribution in [1.82, 2.24) is 5.32 Å². The number of hydrogen-bond acceptors (Lipinski definition) is 2. The molecule has 23 heavy (non-hydrogen) atoms. The lowest BCUT2D eigenvalue weighted by atomic mass is 9.85. The van der Waals surface area contributed by atoms with Crippen LogP contribution in [0.5, 0.6) is 0 Å². The maximum absolute atomic E-state index is 14.2. The van der Waals surface area contributed by atoms with Crippen LogP contribution in [0.1, 0.15) is 36.6 Å². The van der Waals surface area contributed by atoms with Crippen LogP contribution < -0.4 is 11.1 Å². The van der Waals surface area contributed by atoms with Crippen LogP contribution in [0.3, 0.4) is 0 Å². The van der Waals surface area contributed by atoms with Crippen LogP contribution in [0.25, 0.3) is 16.7 Å². The molecule has 1 atom stereocenters. The van der Waals surface area contributed by atoms with Crippen LogP contribution in [-0.4, -0.2) is 5.91 Å². The Hall–Kier alpha value is -2.62. The molecule has 0 radical (unpaired) electrons. The fourth-order valence-electron chi connectivity index (χ4n) is 3.15. The number of allylic oxidation sites excluding steroid dienone is 1. The van der Waals surface area contributed by atoms with Crippen LogP contribution in [0.4, 0.5) is 4.39 Å². The SMILES string of the molecule is CC1=C(C(N)=O)NC(C)c2c1cc(F)cc2-c1ccc(C)cc1. The second-order valence-corrected chi connectivity index (χ2v) is 6.01. The van der Waals surface area contributed by atoms with Crippen LogP contribution in [0.15, 0.2) is 42.1 Å². The van der Waals surface area contributed by atoms with E-state index in [0.717, 1.165) is 27.8 Å². The summed E-state index contributed by atoms with van der Waals surface area (Å²) in [6.45, 7) is 5.75. The standard InChI is InChI=1S/C19H19FN2O/c1-10-4-6-13(7-5-10)16-9-14(20)8-15-11(2)18(19(21)23)22-12(3)17(15)16/h4-9,12,22H,1-3H3,(H2,21,23). The molecule has 0 fully saturated rings. The van der Waals surface area contributed by atoms with Gasteiger partial charge in [-0.2, -0.15) is 0 Å². The number of amides is 1. The Bertz CT molecular complexity index is 822. The van der Waals surface area contributed by atoms with E-state index < -0.39 is 5.91 Å². The summed E-state index contributed by atoms with van der Waals surface area (Å²) in [7, 11) is 0. The van der Waals surface area contributed by atoms with E-state index in [0.29, 0.717) is 11.3 Å². The van der Waals surface area contributed by atoms with Crippen molar-refractivity contribution in [2.45, 2.75) is 26.8 Å². The first-order valence-electron chi connectivity index (χ1n) is 7.56. The van der Waals surface area contributed by atoms with Gasteiger partial charge < -0.3 is 11.1 Å². The van der Waals surface area contributed by atoms with Gasteiger partial charge in [-0.1, -0.05) is 29.8 Å². The zero-order valence-corrected chi connectivity index (χ0v) is 13.4. The molecule has 4 heteroatoms. The predicted molar refractivity (Wildman–Crippen MR) is 89.9 cm³/mol. The van der Waals surface area contributed by atoms with Crippen molar-refractivity contribution in [2.75, 3.05) is 0 Å². The number of rotatable bonds is 2. The molecule has 2 aromatic carbocycles. The van der Waals surface area contributed by atoms with Gasteiger partial charge in [-0.25, -0.2) is 4.39 Å². The monoisotopic (exact) mass is 310 g/mol. The Balaban J connectivity index is 2.28. The third-order valence-corrected chi connectivity index (χ3v) is 4.33. The number of primary amides is 1. The largest absolute Gasteiger partial charge is 0.374 e. The number of carbonyl (C=O) groups is 1. The number of hydrogen-bond donors (Lipinski definition) is 2. The Morgan fingerprint density at radius 3 is 2.35 bits per heavy atom. The molecule has 2 aromatic rings. The van der Waals surface area contributed by atoms with Gasteiger partial charge in [0.15, 0.2) is 0 Å². The van der Waals surface area contributed by atoms with Gasteiger partial charge >= 0.3 is 0 Å². The fraction of sp³-hybridized carbons (Fsp3) is 0.211. The number of halogens is 1. The van der Waals surface area contributed by atoms with Crippen molar-refractivity contribution >= 4 is 11.5 Å². The fourth-order valence-corrected chi connectivity index (χ4v) is 3.15. The van der Waals surface area contributed by atoms with E-state index in [1.54, 1.807) is 13.0 Å². The second kappa shape index (κ2) is 5.54. The first-order chi connectivity index (χ1) is 10.9. The molecule has 1 amide bonds. The molecule has 0 bridgehead atoms. The Kier molecular flexibility index (Phi) is 3.68. The van der Waals surface area contributed by atoms with E-state index in [1.807, 2.05) is 38.1 Å². The smallest absolute Gasteiger partial charge is 0.265 e. The molecule has 1 heterocycles. The average molecular weight is 310 g/mol. The highest BCUT2D eigenvalue weighted by Crippen LogP contribution is 2.39. The maximum Gasteiger partial charge on any atom is 0.265 e. The zero-order chi connectivity index (χ0) is 16.7. The highest BCUT2D eigenvalue weighted by Gasteiger charge is 2.27. The summed E-state index contributed by atoms with van der Waals surface area (Å²) in [5.74, 6) is -0.849. The van der Waals surface area contributed by atoms with E-state index in [4.69, 9.17) is 5.73 Å². The van der Waals surface area contributed by atoms with E-state index in [2.05, 4.69) is 5.32 Å². The molecule has 3 rings (SSSR count). The summed E-state index contributed by atoms with van der Waals surface area (Å²) < 4.78 is 14.2. The summed E-state index contributed by atoms with van der Waals surface area (Å²) in [6, 6.07) is 10.9. The lowest BCUT2D eigenvalue weighted by Gasteiger charge is -2.29. The molecule has 3 N–H and O–H groups in total. The van der Waals surface area contributed by atoms with Crippen LogP contribution in [-0.2, 0) is 4.79 Å². The summed E-state index contributed by atoms with van der Waals surface area (Å²) in [5.41, 5.74) is 11.1.